The van der Waals surface area contributed by atoms with Gasteiger partial charge in [-0.05, 0) is 22.9 Å². The second kappa shape index (κ2) is 5.97. The molecule has 0 aromatic carbocycles. The summed E-state index contributed by atoms with van der Waals surface area (Å²) in [7, 11) is 0. The lowest BCUT2D eigenvalue weighted by Gasteiger charge is -2.18. The molecule has 0 saturated heterocycles. The molecule has 4 N–H and O–H groups in total. The van der Waals surface area contributed by atoms with Crippen LogP contribution in [0.1, 0.15) is 19.8 Å². The summed E-state index contributed by atoms with van der Waals surface area (Å²) in [6.45, 7) is 1.49. The van der Waals surface area contributed by atoms with Crippen LogP contribution in [0.15, 0.2) is 5.16 Å². The fraction of sp³-hybridized carbons (Fsp3) is 0.667. The summed E-state index contributed by atoms with van der Waals surface area (Å²) in [5, 5.41) is 15.0. The third kappa shape index (κ3) is 4.31. The number of carbonyl (C=O) groups excluding carboxylic acids is 1. The Labute approximate surface area is 106 Å². The number of nitrogens with zero attached hydrogens (tertiary/aromatic N) is 1. The largest absolute Gasteiger partial charge is 0.480 e. The molecule has 1 aliphatic rings. The number of hydrogen-bond donors (Lipinski definition) is 3. The summed E-state index contributed by atoms with van der Waals surface area (Å²) >= 11 is 3.15. The third-order valence-corrected chi connectivity index (χ3v) is 2.69. The molecule has 1 heterocycles. The summed E-state index contributed by atoms with van der Waals surface area (Å²) in [5.74, 6) is -1.62. The highest BCUT2D eigenvalue weighted by Gasteiger charge is 2.29. The SMILES string of the molecule is C[C@H](N)C(=O)N[C@@H](CC1CC(Br)=NO1)C(=O)O. The van der Waals surface area contributed by atoms with E-state index in [1.54, 1.807) is 0 Å². The number of carboxylic acid groups (broad SMARTS) is 1. The fourth-order valence-electron chi connectivity index (χ4n) is 1.31. The van der Waals surface area contributed by atoms with Crippen molar-refractivity contribution in [3.05, 3.63) is 0 Å². The molecular formula is C9H14BrN3O4. The molecule has 7 nitrogen and oxygen atoms in total. The summed E-state index contributed by atoms with van der Waals surface area (Å²) in [6.07, 6.45) is 0.295. The molecule has 0 aliphatic carbocycles. The van der Waals surface area contributed by atoms with Crippen molar-refractivity contribution in [3.8, 4) is 0 Å². The highest BCUT2D eigenvalue weighted by atomic mass is 79.9. The van der Waals surface area contributed by atoms with Gasteiger partial charge in [-0.25, -0.2) is 4.79 Å². The van der Waals surface area contributed by atoms with Gasteiger partial charge in [0, 0.05) is 12.8 Å². The van der Waals surface area contributed by atoms with Crippen molar-refractivity contribution >= 4 is 32.4 Å². The number of oxime groups is 1. The highest BCUT2D eigenvalue weighted by Crippen LogP contribution is 2.18. The Bertz CT molecular complexity index is 345. The average molecular weight is 308 g/mol. The first-order chi connectivity index (χ1) is 7.90. The van der Waals surface area contributed by atoms with Gasteiger partial charge in [0.15, 0.2) is 0 Å². The monoisotopic (exact) mass is 307 g/mol. The number of aliphatic carboxylic acids is 1. The van der Waals surface area contributed by atoms with Crippen LogP contribution in [-0.4, -0.2) is 39.8 Å². The van der Waals surface area contributed by atoms with Gasteiger partial charge >= 0.3 is 5.97 Å². The van der Waals surface area contributed by atoms with Gasteiger partial charge in [0.1, 0.15) is 16.8 Å². The van der Waals surface area contributed by atoms with E-state index < -0.39 is 24.0 Å². The quantitative estimate of drug-likeness (QED) is 0.650. The summed E-state index contributed by atoms with van der Waals surface area (Å²) in [5.41, 5.74) is 5.35. The van der Waals surface area contributed by atoms with Crippen molar-refractivity contribution < 1.29 is 19.5 Å². The van der Waals surface area contributed by atoms with E-state index in [0.29, 0.717) is 11.0 Å². The lowest BCUT2D eigenvalue weighted by molar-refractivity contribution is -0.143. The van der Waals surface area contributed by atoms with Crippen LogP contribution in [0.3, 0.4) is 0 Å². The second-order valence-electron chi connectivity index (χ2n) is 3.82. The van der Waals surface area contributed by atoms with Crippen LogP contribution in [0, 0.1) is 0 Å². The third-order valence-electron chi connectivity index (χ3n) is 2.22. The smallest absolute Gasteiger partial charge is 0.326 e. The van der Waals surface area contributed by atoms with E-state index in [-0.39, 0.29) is 12.5 Å². The summed E-state index contributed by atoms with van der Waals surface area (Å²) < 4.78 is 0.630. The molecule has 96 valence electrons. The highest BCUT2D eigenvalue weighted by molar-refractivity contribution is 9.18. The van der Waals surface area contributed by atoms with Gasteiger partial charge in [0.2, 0.25) is 5.91 Å². The topological polar surface area (TPSA) is 114 Å². The lowest BCUT2D eigenvalue weighted by Crippen LogP contribution is -2.48. The van der Waals surface area contributed by atoms with Gasteiger partial charge in [0.05, 0.1) is 6.04 Å². The zero-order valence-electron chi connectivity index (χ0n) is 9.22. The molecule has 1 amide bonds. The van der Waals surface area contributed by atoms with Crippen molar-refractivity contribution in [2.24, 2.45) is 10.9 Å². The van der Waals surface area contributed by atoms with Crippen molar-refractivity contribution in [1.29, 1.82) is 0 Å². The minimum Gasteiger partial charge on any atom is -0.480 e. The maximum absolute atomic E-state index is 11.3. The van der Waals surface area contributed by atoms with Crippen LogP contribution >= 0.6 is 15.9 Å². The van der Waals surface area contributed by atoms with Crippen LogP contribution < -0.4 is 11.1 Å². The molecule has 0 spiro atoms. The van der Waals surface area contributed by atoms with Gasteiger partial charge in [-0.2, -0.15) is 0 Å². The molecule has 0 aromatic rings. The first-order valence-corrected chi connectivity index (χ1v) is 5.86. The Kier molecular flexibility index (Phi) is 4.88. The zero-order valence-corrected chi connectivity index (χ0v) is 10.8. The number of carbonyl (C=O) groups is 2. The van der Waals surface area contributed by atoms with E-state index in [4.69, 9.17) is 15.7 Å². The summed E-state index contributed by atoms with van der Waals surface area (Å²) in [6, 6.07) is -1.77. The molecule has 0 fully saturated rings. The van der Waals surface area contributed by atoms with Gasteiger partial charge in [-0.3, -0.25) is 4.79 Å². The molecule has 0 bridgehead atoms. The number of amides is 1. The first kappa shape index (κ1) is 13.9. The maximum atomic E-state index is 11.3. The second-order valence-corrected chi connectivity index (χ2v) is 4.74. The number of halogens is 1. The van der Waals surface area contributed by atoms with Crippen LogP contribution in [0.2, 0.25) is 0 Å². The molecule has 0 radical (unpaired) electrons. The van der Waals surface area contributed by atoms with Gasteiger partial charge in [0.25, 0.3) is 0 Å². The minimum absolute atomic E-state index is 0.145. The van der Waals surface area contributed by atoms with E-state index >= 15 is 0 Å². The van der Waals surface area contributed by atoms with E-state index in [1.807, 2.05) is 0 Å². The molecule has 3 atom stereocenters. The molecule has 0 saturated carbocycles. The predicted octanol–water partition coefficient (Wildman–Crippen LogP) is -0.210. The van der Waals surface area contributed by atoms with Gasteiger partial charge in [-0.15, -0.1) is 0 Å². The molecule has 1 unspecified atom stereocenters. The van der Waals surface area contributed by atoms with E-state index in [0.717, 1.165) is 0 Å². The van der Waals surface area contributed by atoms with Gasteiger partial charge in [-0.1, -0.05) is 5.16 Å². The van der Waals surface area contributed by atoms with Crippen LogP contribution in [0.25, 0.3) is 0 Å². The number of rotatable bonds is 5. The molecule has 1 rings (SSSR count). The Morgan fingerprint density at radius 1 is 1.76 bits per heavy atom. The zero-order chi connectivity index (χ0) is 13.0. The number of nitrogens with one attached hydrogen (secondary N) is 1. The maximum Gasteiger partial charge on any atom is 0.326 e. The predicted molar refractivity (Wildman–Crippen MR) is 63.7 cm³/mol. The number of carboxylic acids is 1. The molecule has 8 heteroatoms. The standard InChI is InChI=1S/C9H14BrN3O4/c1-4(11)8(14)12-6(9(15)16)2-5-3-7(10)13-17-5/h4-6H,2-3,11H2,1H3,(H,12,14)(H,15,16)/t4-,5?,6-/m0/s1. The van der Waals surface area contributed by atoms with Crippen molar-refractivity contribution in [2.45, 2.75) is 38.0 Å². The molecular weight excluding hydrogens is 294 g/mol. The van der Waals surface area contributed by atoms with E-state index in [1.165, 1.54) is 6.92 Å². The van der Waals surface area contributed by atoms with Crippen LogP contribution in [-0.2, 0) is 14.4 Å². The Hall–Kier alpha value is -1.15. The molecule has 0 aromatic heterocycles. The van der Waals surface area contributed by atoms with E-state index in [9.17, 15) is 9.59 Å². The molecule has 17 heavy (non-hydrogen) atoms. The number of hydrogen-bond acceptors (Lipinski definition) is 5. The first-order valence-electron chi connectivity index (χ1n) is 5.07. The Balaban J connectivity index is 2.50. The Morgan fingerprint density at radius 2 is 2.41 bits per heavy atom. The van der Waals surface area contributed by atoms with Crippen molar-refractivity contribution in [3.63, 3.8) is 0 Å². The van der Waals surface area contributed by atoms with E-state index in [2.05, 4.69) is 26.4 Å². The lowest BCUT2D eigenvalue weighted by atomic mass is 10.1. The Morgan fingerprint density at radius 3 is 2.82 bits per heavy atom. The normalized spacial score (nSPS) is 22.3. The van der Waals surface area contributed by atoms with Crippen molar-refractivity contribution in [2.75, 3.05) is 0 Å². The van der Waals surface area contributed by atoms with Crippen LogP contribution in [0.4, 0.5) is 0 Å². The molecule has 1 aliphatic heterocycles. The minimum atomic E-state index is -1.12. The fourth-order valence-corrected chi connectivity index (χ4v) is 1.75. The van der Waals surface area contributed by atoms with Crippen molar-refractivity contribution in [1.82, 2.24) is 5.32 Å². The summed E-state index contributed by atoms with van der Waals surface area (Å²) in [4.78, 5) is 27.3. The van der Waals surface area contributed by atoms with Gasteiger partial charge < -0.3 is 21.0 Å². The average Bonchev–Trinajstić information content (AvgIpc) is 2.62. The number of nitrogens with two attached hydrogens (primary N) is 1. The van der Waals surface area contributed by atoms with Crippen LogP contribution in [0.5, 0.6) is 0 Å².